The number of likely N-dealkylation sites (N-methyl/N-ethyl adjacent to an activating group) is 1. The van der Waals surface area contributed by atoms with Gasteiger partial charge in [0.2, 0.25) is 5.91 Å². The second-order valence-corrected chi connectivity index (χ2v) is 7.09. The smallest absolute Gasteiger partial charge is 0.243 e. The Kier molecular flexibility index (Phi) is 6.09. The second-order valence-electron chi connectivity index (χ2n) is 7.09. The molecule has 126 valence electrons. The van der Waals surface area contributed by atoms with E-state index in [9.17, 15) is 4.79 Å². The largest absolute Gasteiger partial charge is 0.354 e. The predicted octanol–water partition coefficient (Wildman–Crippen LogP) is 1.94. The van der Waals surface area contributed by atoms with Gasteiger partial charge in [0, 0.05) is 33.2 Å². The fraction of sp³-hybridized carbons (Fsp3) is 0.882. The maximum absolute atomic E-state index is 11.8. The highest BCUT2D eigenvalue weighted by Crippen LogP contribution is 2.35. The molecule has 2 aliphatic rings. The summed E-state index contributed by atoms with van der Waals surface area (Å²) in [5.74, 6) is 2.63. The van der Waals surface area contributed by atoms with Crippen molar-refractivity contribution in [2.24, 2.45) is 16.8 Å². The number of rotatable bonds is 4. The molecule has 1 amide bonds. The summed E-state index contributed by atoms with van der Waals surface area (Å²) in [6, 6.07) is 0.385. The van der Waals surface area contributed by atoms with E-state index in [0.717, 1.165) is 37.3 Å². The third-order valence-electron chi connectivity index (χ3n) is 5.13. The van der Waals surface area contributed by atoms with Crippen molar-refractivity contribution in [1.29, 1.82) is 0 Å². The highest BCUT2D eigenvalue weighted by atomic mass is 16.2. The lowest BCUT2D eigenvalue weighted by atomic mass is 9.82. The van der Waals surface area contributed by atoms with E-state index in [-0.39, 0.29) is 12.5 Å². The van der Waals surface area contributed by atoms with E-state index in [1.807, 2.05) is 0 Å². The normalized spacial score (nSPS) is 26.5. The van der Waals surface area contributed by atoms with Gasteiger partial charge in [-0.2, -0.15) is 0 Å². The highest BCUT2D eigenvalue weighted by Gasteiger charge is 2.35. The number of fused-ring (bicyclic) bond motifs is 1. The van der Waals surface area contributed by atoms with Crippen LogP contribution in [0.1, 0.15) is 46.0 Å². The van der Waals surface area contributed by atoms with Crippen molar-refractivity contribution in [3.05, 3.63) is 0 Å². The predicted molar refractivity (Wildman–Crippen MR) is 90.9 cm³/mol. The summed E-state index contributed by atoms with van der Waals surface area (Å²) in [5, 5.41) is 3.52. The Labute approximate surface area is 135 Å². The van der Waals surface area contributed by atoms with Crippen LogP contribution in [0.2, 0.25) is 0 Å². The summed E-state index contributed by atoms with van der Waals surface area (Å²) in [5.41, 5.74) is 0. The number of nitrogens with one attached hydrogen (secondary N) is 1. The number of hydrogen-bond donors (Lipinski definition) is 1. The van der Waals surface area contributed by atoms with Crippen molar-refractivity contribution in [2.45, 2.75) is 52.0 Å². The van der Waals surface area contributed by atoms with Crippen LogP contribution in [-0.4, -0.2) is 61.4 Å². The SMILES string of the molecule is CCC(C)NC(=NCC(=O)N(C)C)N1CC2CCCCC2C1. The molecular formula is C17H32N4O. The van der Waals surface area contributed by atoms with E-state index in [2.05, 4.69) is 29.1 Å². The fourth-order valence-corrected chi connectivity index (χ4v) is 3.42. The number of nitrogens with zero attached hydrogens (tertiary/aromatic N) is 3. The first-order valence-corrected chi connectivity index (χ1v) is 8.77. The minimum absolute atomic E-state index is 0.0556. The Morgan fingerprint density at radius 1 is 1.27 bits per heavy atom. The Hall–Kier alpha value is -1.26. The third-order valence-corrected chi connectivity index (χ3v) is 5.13. The van der Waals surface area contributed by atoms with Gasteiger partial charge in [-0.05, 0) is 38.0 Å². The van der Waals surface area contributed by atoms with Crippen molar-refractivity contribution in [3.63, 3.8) is 0 Å². The molecule has 2 rings (SSSR count). The van der Waals surface area contributed by atoms with Crippen molar-refractivity contribution in [2.75, 3.05) is 33.7 Å². The molecule has 5 heteroatoms. The summed E-state index contributed by atoms with van der Waals surface area (Å²) >= 11 is 0. The average molecular weight is 308 g/mol. The maximum atomic E-state index is 11.8. The molecule has 3 unspecified atom stereocenters. The lowest BCUT2D eigenvalue weighted by Gasteiger charge is -2.25. The molecule has 0 aromatic carbocycles. The molecule has 5 nitrogen and oxygen atoms in total. The molecule has 1 heterocycles. The zero-order valence-electron chi connectivity index (χ0n) is 14.6. The number of carbonyl (C=O) groups excluding carboxylic acids is 1. The molecule has 1 saturated carbocycles. The molecule has 3 atom stereocenters. The van der Waals surface area contributed by atoms with E-state index in [4.69, 9.17) is 0 Å². The molecule has 0 spiro atoms. The molecule has 22 heavy (non-hydrogen) atoms. The first-order valence-electron chi connectivity index (χ1n) is 8.77. The van der Waals surface area contributed by atoms with Crippen molar-refractivity contribution in [3.8, 4) is 0 Å². The number of likely N-dealkylation sites (tertiary alicyclic amines) is 1. The van der Waals surface area contributed by atoms with Crippen LogP contribution < -0.4 is 5.32 Å². The van der Waals surface area contributed by atoms with Crippen LogP contribution in [0, 0.1) is 11.8 Å². The zero-order chi connectivity index (χ0) is 16.1. The minimum Gasteiger partial charge on any atom is -0.354 e. The Morgan fingerprint density at radius 2 is 1.86 bits per heavy atom. The maximum Gasteiger partial charge on any atom is 0.243 e. The van der Waals surface area contributed by atoms with Crippen LogP contribution in [-0.2, 0) is 4.79 Å². The molecule has 0 bridgehead atoms. The Balaban J connectivity index is 2.03. The zero-order valence-corrected chi connectivity index (χ0v) is 14.6. The fourth-order valence-electron chi connectivity index (χ4n) is 3.42. The summed E-state index contributed by atoms with van der Waals surface area (Å²) in [6.45, 7) is 6.78. The van der Waals surface area contributed by atoms with E-state index in [0.29, 0.717) is 6.04 Å². The number of guanidine groups is 1. The molecule has 0 radical (unpaired) electrons. The van der Waals surface area contributed by atoms with E-state index in [1.54, 1.807) is 19.0 Å². The van der Waals surface area contributed by atoms with E-state index >= 15 is 0 Å². The van der Waals surface area contributed by atoms with Crippen LogP contribution >= 0.6 is 0 Å². The van der Waals surface area contributed by atoms with Gasteiger partial charge >= 0.3 is 0 Å². The van der Waals surface area contributed by atoms with Crippen LogP contribution in [0.4, 0.5) is 0 Å². The van der Waals surface area contributed by atoms with Gasteiger partial charge in [-0.25, -0.2) is 4.99 Å². The minimum atomic E-state index is 0.0556. The first-order chi connectivity index (χ1) is 10.5. The average Bonchev–Trinajstić information content (AvgIpc) is 2.94. The monoisotopic (exact) mass is 308 g/mol. The molecule has 0 aromatic heterocycles. The van der Waals surface area contributed by atoms with Gasteiger partial charge in [-0.15, -0.1) is 0 Å². The number of hydrogen-bond acceptors (Lipinski definition) is 2. The third kappa shape index (κ3) is 4.37. The lowest BCUT2D eigenvalue weighted by Crippen LogP contribution is -2.44. The van der Waals surface area contributed by atoms with Crippen LogP contribution in [0.3, 0.4) is 0 Å². The van der Waals surface area contributed by atoms with Gasteiger partial charge in [-0.3, -0.25) is 4.79 Å². The summed E-state index contributed by atoms with van der Waals surface area (Å²) in [6.07, 6.45) is 6.52. The standard InChI is InChI=1S/C17H32N4O/c1-5-13(2)19-17(18-10-16(22)20(3)4)21-11-14-8-6-7-9-15(14)12-21/h13-15H,5-12H2,1-4H3,(H,18,19). The molecular weight excluding hydrogens is 276 g/mol. The molecule has 1 aliphatic heterocycles. The Bertz CT molecular complexity index is 393. The number of amides is 1. The van der Waals surface area contributed by atoms with Gasteiger partial charge in [0.1, 0.15) is 6.54 Å². The van der Waals surface area contributed by atoms with E-state index < -0.39 is 0 Å². The summed E-state index contributed by atoms with van der Waals surface area (Å²) in [4.78, 5) is 20.4. The van der Waals surface area contributed by atoms with Crippen LogP contribution in [0.15, 0.2) is 4.99 Å². The topological polar surface area (TPSA) is 47.9 Å². The highest BCUT2D eigenvalue weighted by molar-refractivity contribution is 5.85. The molecule has 1 N–H and O–H groups in total. The second kappa shape index (κ2) is 7.84. The molecule has 1 saturated heterocycles. The van der Waals surface area contributed by atoms with Gasteiger partial charge < -0.3 is 15.1 Å². The lowest BCUT2D eigenvalue weighted by molar-refractivity contribution is -0.127. The number of carbonyl (C=O) groups is 1. The van der Waals surface area contributed by atoms with Crippen molar-refractivity contribution < 1.29 is 4.79 Å². The van der Waals surface area contributed by atoms with Crippen molar-refractivity contribution >= 4 is 11.9 Å². The summed E-state index contributed by atoms with van der Waals surface area (Å²) in [7, 11) is 3.56. The van der Waals surface area contributed by atoms with Crippen LogP contribution in [0.5, 0.6) is 0 Å². The van der Waals surface area contributed by atoms with Gasteiger partial charge in [0.25, 0.3) is 0 Å². The summed E-state index contributed by atoms with van der Waals surface area (Å²) < 4.78 is 0. The quantitative estimate of drug-likeness (QED) is 0.638. The molecule has 1 aliphatic carbocycles. The van der Waals surface area contributed by atoms with Gasteiger partial charge in [-0.1, -0.05) is 19.8 Å². The van der Waals surface area contributed by atoms with Crippen LogP contribution in [0.25, 0.3) is 0 Å². The molecule has 2 fully saturated rings. The number of aliphatic imine (C=N–C) groups is 1. The first kappa shape index (κ1) is 17.1. The Morgan fingerprint density at radius 3 is 2.36 bits per heavy atom. The van der Waals surface area contributed by atoms with Crippen molar-refractivity contribution in [1.82, 2.24) is 15.1 Å². The van der Waals surface area contributed by atoms with E-state index in [1.165, 1.54) is 25.7 Å². The molecule has 0 aromatic rings. The van der Waals surface area contributed by atoms with Gasteiger partial charge in [0.05, 0.1) is 0 Å². The van der Waals surface area contributed by atoms with Gasteiger partial charge in [0.15, 0.2) is 5.96 Å².